The number of allylic oxidation sites excluding steroid dienone is 4. The Hall–Kier alpha value is -5.98. The van der Waals surface area contributed by atoms with Crippen molar-refractivity contribution in [2.75, 3.05) is 5.75 Å². The van der Waals surface area contributed by atoms with Crippen LogP contribution in [-0.4, -0.2) is 15.3 Å². The first kappa shape index (κ1) is 32.5. The van der Waals surface area contributed by atoms with Crippen LogP contribution in [0.25, 0.3) is 90.7 Å². The van der Waals surface area contributed by atoms with Crippen molar-refractivity contribution in [3.05, 3.63) is 188 Å². The van der Waals surface area contributed by atoms with E-state index < -0.39 is 0 Å². The maximum absolute atomic E-state index is 5.01. The molecule has 55 heavy (non-hydrogen) atoms. The third kappa shape index (κ3) is 5.58. The summed E-state index contributed by atoms with van der Waals surface area (Å²) < 4.78 is 6.27. The summed E-state index contributed by atoms with van der Waals surface area (Å²) in [5.41, 5.74) is 12.6. The minimum atomic E-state index is 0.904. The molecule has 0 fully saturated rings. The van der Waals surface area contributed by atoms with Crippen molar-refractivity contribution in [1.29, 1.82) is 0 Å². The molecule has 1 aliphatic rings. The third-order valence-electron chi connectivity index (χ3n) is 10.6. The van der Waals surface area contributed by atoms with Crippen molar-refractivity contribution in [3.63, 3.8) is 0 Å². The Labute approximate surface area is 331 Å². The number of para-hydroxylation sites is 1. The number of hydrogen-bond acceptors (Lipinski definition) is 4. The minimum Gasteiger partial charge on any atom is -0.309 e. The first-order chi connectivity index (χ1) is 27.1. The molecule has 10 aromatic rings. The van der Waals surface area contributed by atoms with E-state index in [1.165, 1.54) is 73.8 Å². The van der Waals surface area contributed by atoms with Gasteiger partial charge in [0.25, 0.3) is 0 Å². The molecule has 0 atom stereocenters. The Bertz CT molecular complexity index is 3210. The molecule has 0 saturated heterocycles. The first-order valence-electron chi connectivity index (χ1n) is 18.4. The maximum atomic E-state index is 5.01. The molecule has 0 saturated carbocycles. The third-order valence-corrected chi connectivity index (χ3v) is 13.9. The Balaban J connectivity index is 1.11. The number of fused-ring (bicyclic) bond motifs is 8. The average Bonchev–Trinajstić information content (AvgIpc) is 3.94. The summed E-state index contributed by atoms with van der Waals surface area (Å²) in [6, 6.07) is 55.4. The van der Waals surface area contributed by atoms with Crippen LogP contribution in [0.3, 0.4) is 0 Å². The van der Waals surface area contributed by atoms with E-state index in [1.54, 1.807) is 11.3 Å². The molecule has 260 valence electrons. The molecular formula is C50H32N2S3. The van der Waals surface area contributed by atoms with Crippen LogP contribution in [0.1, 0.15) is 11.1 Å². The summed E-state index contributed by atoms with van der Waals surface area (Å²) in [4.78, 5) is 6.27. The maximum Gasteiger partial charge on any atom is 0.124 e. The van der Waals surface area contributed by atoms with Crippen molar-refractivity contribution >= 4 is 97.8 Å². The predicted molar refractivity (Wildman–Crippen MR) is 241 cm³/mol. The Morgan fingerprint density at radius 1 is 0.545 bits per heavy atom. The molecule has 0 bridgehead atoms. The number of nitrogens with zero attached hydrogens (tertiary/aromatic N) is 2. The normalized spacial score (nSPS) is 14.9. The smallest absolute Gasteiger partial charge is 0.124 e. The molecular weight excluding hydrogens is 725 g/mol. The second kappa shape index (κ2) is 13.1. The fourth-order valence-corrected chi connectivity index (χ4v) is 11.0. The lowest BCUT2D eigenvalue weighted by Gasteiger charge is -2.11. The van der Waals surface area contributed by atoms with Crippen molar-refractivity contribution in [3.8, 4) is 27.4 Å². The van der Waals surface area contributed by atoms with Gasteiger partial charge in [-0.25, -0.2) is 4.98 Å². The van der Waals surface area contributed by atoms with Gasteiger partial charge < -0.3 is 4.57 Å². The van der Waals surface area contributed by atoms with Gasteiger partial charge in [-0.2, -0.15) is 0 Å². The summed E-state index contributed by atoms with van der Waals surface area (Å²) in [5.74, 6) is 0.904. The molecule has 4 heterocycles. The number of aromatic nitrogens is 2. The first-order valence-corrected chi connectivity index (χ1v) is 21.0. The van der Waals surface area contributed by atoms with E-state index in [4.69, 9.17) is 4.98 Å². The van der Waals surface area contributed by atoms with E-state index in [1.807, 2.05) is 23.1 Å². The lowest BCUT2D eigenvalue weighted by Crippen LogP contribution is -1.94. The molecule has 0 aliphatic carbocycles. The zero-order valence-electron chi connectivity index (χ0n) is 29.7. The van der Waals surface area contributed by atoms with Crippen molar-refractivity contribution < 1.29 is 0 Å². The number of thiophene rings is 1. The lowest BCUT2D eigenvalue weighted by molar-refractivity contribution is 1.18. The second-order valence-electron chi connectivity index (χ2n) is 14.0. The molecule has 0 N–H and O–H groups in total. The van der Waals surface area contributed by atoms with Gasteiger partial charge in [-0.1, -0.05) is 97.6 Å². The van der Waals surface area contributed by atoms with Crippen molar-refractivity contribution in [1.82, 2.24) is 9.55 Å². The number of hydrogen-bond donors (Lipinski definition) is 0. The highest BCUT2D eigenvalue weighted by atomic mass is 32.2. The largest absolute Gasteiger partial charge is 0.309 e. The van der Waals surface area contributed by atoms with E-state index in [2.05, 4.69) is 181 Å². The highest BCUT2D eigenvalue weighted by Crippen LogP contribution is 2.41. The molecule has 3 aromatic heterocycles. The van der Waals surface area contributed by atoms with Crippen LogP contribution in [0.5, 0.6) is 0 Å². The van der Waals surface area contributed by atoms with Gasteiger partial charge in [0.1, 0.15) is 5.01 Å². The quantitative estimate of drug-likeness (QED) is 0.178. The van der Waals surface area contributed by atoms with Gasteiger partial charge in [-0.15, -0.1) is 34.4 Å². The molecule has 7 aromatic carbocycles. The molecule has 2 nitrogen and oxygen atoms in total. The Kier molecular flexibility index (Phi) is 7.73. The van der Waals surface area contributed by atoms with E-state index in [-0.39, 0.29) is 0 Å². The number of thioether (sulfide) groups is 1. The van der Waals surface area contributed by atoms with E-state index >= 15 is 0 Å². The standard InChI is InChI=1S/C50H32N2S3/c1-31-26-32(11-9-25-53-46-16-5-2-13-38(31)46)33-19-22-44-40(28-33)41-29-34(35-21-24-48-42(30-35)39-14-3-6-17-47(39)54-48)20-23-45(41)52(44)37-12-8-10-36(27-37)50-51-43-15-4-7-18-49(43)55-50/h2-24,26-30H,1,25H2/b11-9-,32-26+. The fraction of sp³-hybridized carbons (Fsp3) is 0.0200. The highest BCUT2D eigenvalue weighted by Gasteiger charge is 2.17. The summed E-state index contributed by atoms with van der Waals surface area (Å²) in [6.45, 7) is 4.53. The van der Waals surface area contributed by atoms with Crippen molar-refractivity contribution in [2.24, 2.45) is 0 Å². The average molecular weight is 757 g/mol. The highest BCUT2D eigenvalue weighted by molar-refractivity contribution is 7.99. The topological polar surface area (TPSA) is 17.8 Å². The molecule has 11 rings (SSSR count). The zero-order chi connectivity index (χ0) is 36.5. The molecule has 0 amide bonds. The van der Waals surface area contributed by atoms with Gasteiger partial charge in [0.05, 0.1) is 21.3 Å². The van der Waals surface area contributed by atoms with E-state index in [9.17, 15) is 0 Å². The van der Waals surface area contributed by atoms with E-state index in [0.29, 0.717) is 0 Å². The number of benzene rings is 7. The summed E-state index contributed by atoms with van der Waals surface area (Å²) in [5, 5.41) is 6.11. The van der Waals surface area contributed by atoms with Crippen LogP contribution in [0.4, 0.5) is 0 Å². The van der Waals surface area contributed by atoms with Crippen LogP contribution in [0.15, 0.2) is 181 Å². The molecule has 0 spiro atoms. The summed E-state index contributed by atoms with van der Waals surface area (Å²) >= 11 is 5.46. The van der Waals surface area contributed by atoms with Crippen LogP contribution >= 0.6 is 34.4 Å². The summed E-state index contributed by atoms with van der Waals surface area (Å²) in [7, 11) is 0. The van der Waals surface area contributed by atoms with Crippen LogP contribution in [0.2, 0.25) is 0 Å². The number of rotatable bonds is 4. The monoisotopic (exact) mass is 756 g/mol. The van der Waals surface area contributed by atoms with Gasteiger partial charge in [-0.3, -0.25) is 0 Å². The minimum absolute atomic E-state index is 0.904. The molecule has 5 heteroatoms. The Morgan fingerprint density at radius 3 is 2.13 bits per heavy atom. The summed E-state index contributed by atoms with van der Waals surface area (Å²) in [6.07, 6.45) is 6.78. The SMILES string of the molecule is C=C1/C=C(c2ccc3c(c2)c2cc(-c4ccc5sc6ccccc6c5c4)ccc2n3-c2cccc(-c3nc4ccccc4s3)c2)\C=C/CSc2ccccc21. The van der Waals surface area contributed by atoms with Crippen molar-refractivity contribution in [2.45, 2.75) is 4.90 Å². The Morgan fingerprint density at radius 2 is 1.25 bits per heavy atom. The van der Waals surface area contributed by atoms with Crippen LogP contribution in [0, 0.1) is 0 Å². The van der Waals surface area contributed by atoms with Gasteiger partial charge >= 0.3 is 0 Å². The van der Waals surface area contributed by atoms with E-state index in [0.717, 1.165) is 38.7 Å². The predicted octanol–water partition coefficient (Wildman–Crippen LogP) is 14.9. The van der Waals surface area contributed by atoms with Gasteiger partial charge in [0.15, 0.2) is 0 Å². The van der Waals surface area contributed by atoms with Crippen LogP contribution < -0.4 is 0 Å². The van der Waals surface area contributed by atoms with Gasteiger partial charge in [-0.05, 0) is 112 Å². The van der Waals surface area contributed by atoms with Gasteiger partial charge in [0.2, 0.25) is 0 Å². The molecule has 0 radical (unpaired) electrons. The fourth-order valence-electron chi connectivity index (χ4n) is 8.00. The molecule has 0 unspecified atom stereocenters. The second-order valence-corrected chi connectivity index (χ2v) is 17.2. The van der Waals surface area contributed by atoms with Gasteiger partial charge in [0, 0.05) is 52.8 Å². The molecule has 1 aliphatic heterocycles. The van der Waals surface area contributed by atoms with Crippen LogP contribution in [-0.2, 0) is 0 Å². The lowest BCUT2D eigenvalue weighted by atomic mass is 9.97. The zero-order valence-corrected chi connectivity index (χ0v) is 32.1. The number of thiazole rings is 1.